The van der Waals surface area contributed by atoms with Crippen LogP contribution in [-0.2, 0) is 9.53 Å². The number of ether oxygens (including phenoxy) is 1. The monoisotopic (exact) mass is 420 g/mol. The van der Waals surface area contributed by atoms with Crippen molar-refractivity contribution in [1.82, 2.24) is 10.2 Å². The van der Waals surface area contributed by atoms with Crippen LogP contribution in [0.25, 0.3) is 0 Å². The molecule has 9 heteroatoms. The van der Waals surface area contributed by atoms with Gasteiger partial charge < -0.3 is 21.1 Å². The zero-order valence-corrected chi connectivity index (χ0v) is 17.2. The Kier molecular flexibility index (Phi) is 13.0. The van der Waals surface area contributed by atoms with E-state index in [0.29, 0.717) is 30.6 Å². The third-order valence-corrected chi connectivity index (χ3v) is 4.07. The summed E-state index contributed by atoms with van der Waals surface area (Å²) in [6, 6.07) is 6.91. The molecule has 1 atom stereocenters. The minimum absolute atomic E-state index is 0. The molecule has 0 radical (unpaired) electrons. The second-order valence-corrected chi connectivity index (χ2v) is 6.35. The van der Waals surface area contributed by atoms with Crippen LogP contribution in [0.3, 0.4) is 0 Å². The quantitative estimate of drug-likeness (QED) is 0.593. The summed E-state index contributed by atoms with van der Waals surface area (Å²) in [4.78, 5) is 26.2. The second-order valence-electron chi connectivity index (χ2n) is 6.35. The Bertz CT molecular complexity index is 564. The lowest BCUT2D eigenvalue weighted by molar-refractivity contribution is -0.116. The molecule has 0 bridgehead atoms. The van der Waals surface area contributed by atoms with Gasteiger partial charge in [0, 0.05) is 49.9 Å². The number of hydrogen-bond acceptors (Lipinski definition) is 5. The van der Waals surface area contributed by atoms with Gasteiger partial charge in [-0.15, -0.1) is 24.8 Å². The highest BCUT2D eigenvalue weighted by atomic mass is 35.5. The molecule has 0 aromatic heterocycles. The number of carbonyl (C=O) groups is 2. The van der Waals surface area contributed by atoms with E-state index in [9.17, 15) is 9.59 Å². The van der Waals surface area contributed by atoms with Gasteiger partial charge in [0.15, 0.2) is 0 Å². The summed E-state index contributed by atoms with van der Waals surface area (Å²) < 4.78 is 5.30. The molecule has 1 aliphatic heterocycles. The van der Waals surface area contributed by atoms with Crippen molar-refractivity contribution in [1.29, 1.82) is 0 Å². The van der Waals surface area contributed by atoms with E-state index in [0.717, 1.165) is 32.8 Å². The maximum atomic E-state index is 12.1. The van der Waals surface area contributed by atoms with Crippen LogP contribution in [0.1, 0.15) is 30.1 Å². The first-order chi connectivity index (χ1) is 12.0. The van der Waals surface area contributed by atoms with E-state index in [2.05, 4.69) is 15.5 Å². The van der Waals surface area contributed by atoms with Gasteiger partial charge in [-0.1, -0.05) is 0 Å². The van der Waals surface area contributed by atoms with Gasteiger partial charge >= 0.3 is 0 Å². The first-order valence-corrected chi connectivity index (χ1v) is 8.78. The highest BCUT2D eigenvalue weighted by Crippen LogP contribution is 2.10. The van der Waals surface area contributed by atoms with Crippen molar-refractivity contribution in [2.24, 2.45) is 5.73 Å². The second kappa shape index (κ2) is 13.7. The van der Waals surface area contributed by atoms with E-state index in [-0.39, 0.29) is 42.7 Å². The lowest BCUT2D eigenvalue weighted by Gasteiger charge is -2.26. The van der Waals surface area contributed by atoms with Crippen LogP contribution in [0, 0.1) is 0 Å². The van der Waals surface area contributed by atoms with Crippen LogP contribution < -0.4 is 16.4 Å². The van der Waals surface area contributed by atoms with Crippen LogP contribution in [-0.4, -0.2) is 62.1 Å². The highest BCUT2D eigenvalue weighted by Gasteiger charge is 2.11. The predicted molar refractivity (Wildman–Crippen MR) is 112 cm³/mol. The third-order valence-electron chi connectivity index (χ3n) is 4.07. The summed E-state index contributed by atoms with van der Waals surface area (Å²) in [7, 11) is 0. The minimum Gasteiger partial charge on any atom is -0.379 e. The van der Waals surface area contributed by atoms with Crippen LogP contribution in [0.4, 0.5) is 5.69 Å². The summed E-state index contributed by atoms with van der Waals surface area (Å²) in [5.74, 6) is -0.178. The van der Waals surface area contributed by atoms with E-state index in [4.69, 9.17) is 10.5 Å². The number of nitrogens with one attached hydrogen (secondary N) is 2. The summed E-state index contributed by atoms with van der Waals surface area (Å²) in [6.45, 7) is 6.63. The lowest BCUT2D eigenvalue weighted by Crippen LogP contribution is -2.41. The SMILES string of the molecule is CC(N)CCC(=O)Nc1ccc(C(=O)NCCN2CCOCC2)cc1.Cl.Cl. The fourth-order valence-electron chi connectivity index (χ4n) is 2.54. The molecule has 2 rings (SSSR count). The Morgan fingerprint density at radius 3 is 2.41 bits per heavy atom. The van der Waals surface area contributed by atoms with Crippen molar-refractivity contribution in [2.75, 3.05) is 44.7 Å². The average molecular weight is 421 g/mol. The summed E-state index contributed by atoms with van der Waals surface area (Å²) in [6.07, 6.45) is 1.04. The van der Waals surface area contributed by atoms with Gasteiger partial charge in [-0.2, -0.15) is 0 Å². The Morgan fingerprint density at radius 2 is 1.81 bits per heavy atom. The number of nitrogens with two attached hydrogens (primary N) is 1. The Morgan fingerprint density at radius 1 is 1.19 bits per heavy atom. The van der Waals surface area contributed by atoms with Crippen LogP contribution in [0.2, 0.25) is 0 Å². The highest BCUT2D eigenvalue weighted by molar-refractivity contribution is 5.95. The van der Waals surface area contributed by atoms with Crippen molar-refractivity contribution in [3.63, 3.8) is 0 Å². The molecular weight excluding hydrogens is 391 g/mol. The Labute approximate surface area is 173 Å². The smallest absolute Gasteiger partial charge is 0.251 e. The molecule has 1 heterocycles. The molecule has 7 nitrogen and oxygen atoms in total. The van der Waals surface area contributed by atoms with Crippen molar-refractivity contribution < 1.29 is 14.3 Å². The van der Waals surface area contributed by atoms with E-state index in [1.54, 1.807) is 24.3 Å². The molecule has 1 unspecified atom stereocenters. The molecule has 4 N–H and O–H groups in total. The molecule has 1 aromatic rings. The van der Waals surface area contributed by atoms with E-state index in [1.807, 2.05) is 6.92 Å². The number of morpholine rings is 1. The molecule has 1 fully saturated rings. The maximum absolute atomic E-state index is 12.1. The van der Waals surface area contributed by atoms with Crippen molar-refractivity contribution in [3.05, 3.63) is 29.8 Å². The molecule has 1 aromatic carbocycles. The Balaban J connectivity index is 0.00000338. The fourth-order valence-corrected chi connectivity index (χ4v) is 2.54. The zero-order chi connectivity index (χ0) is 18.1. The standard InChI is InChI=1S/C18H28N4O3.2ClH/c1-14(19)2-7-17(23)21-16-5-3-15(4-6-16)18(24)20-8-9-22-10-12-25-13-11-22;;/h3-6,14H,2,7-13,19H2,1H3,(H,20,24)(H,21,23);2*1H. The van der Waals surface area contributed by atoms with E-state index < -0.39 is 0 Å². The third kappa shape index (κ3) is 9.93. The molecule has 0 spiro atoms. The molecule has 2 amide bonds. The molecular formula is C18H30Cl2N4O3. The lowest BCUT2D eigenvalue weighted by atomic mass is 10.1. The largest absolute Gasteiger partial charge is 0.379 e. The van der Waals surface area contributed by atoms with E-state index >= 15 is 0 Å². The van der Waals surface area contributed by atoms with Gasteiger partial charge in [0.05, 0.1) is 13.2 Å². The number of halogens is 2. The predicted octanol–water partition coefficient (Wildman–Crippen LogP) is 1.66. The van der Waals surface area contributed by atoms with Gasteiger partial charge in [-0.25, -0.2) is 0 Å². The maximum Gasteiger partial charge on any atom is 0.251 e. The first-order valence-electron chi connectivity index (χ1n) is 8.78. The molecule has 1 saturated heterocycles. The van der Waals surface area contributed by atoms with Crippen molar-refractivity contribution in [2.45, 2.75) is 25.8 Å². The van der Waals surface area contributed by atoms with Gasteiger partial charge in [-0.05, 0) is 37.6 Å². The number of nitrogens with zero attached hydrogens (tertiary/aromatic N) is 1. The summed E-state index contributed by atoms with van der Waals surface area (Å²) in [5, 5.41) is 5.72. The summed E-state index contributed by atoms with van der Waals surface area (Å²) in [5.41, 5.74) is 6.90. The van der Waals surface area contributed by atoms with Gasteiger partial charge in [-0.3, -0.25) is 14.5 Å². The minimum atomic E-state index is -0.108. The number of hydrogen-bond donors (Lipinski definition) is 3. The molecule has 154 valence electrons. The topological polar surface area (TPSA) is 96.7 Å². The van der Waals surface area contributed by atoms with Gasteiger partial charge in [0.25, 0.3) is 5.91 Å². The fraction of sp³-hybridized carbons (Fsp3) is 0.556. The van der Waals surface area contributed by atoms with Gasteiger partial charge in [0.1, 0.15) is 0 Å². The Hall–Kier alpha value is -1.38. The number of amides is 2. The normalized spacial score (nSPS) is 15.0. The first kappa shape index (κ1) is 25.6. The summed E-state index contributed by atoms with van der Waals surface area (Å²) >= 11 is 0. The van der Waals surface area contributed by atoms with Gasteiger partial charge in [0.2, 0.25) is 5.91 Å². The molecule has 0 saturated carbocycles. The van der Waals surface area contributed by atoms with Crippen LogP contribution in [0.5, 0.6) is 0 Å². The zero-order valence-electron chi connectivity index (χ0n) is 15.6. The van der Waals surface area contributed by atoms with Crippen molar-refractivity contribution >= 4 is 42.3 Å². The number of carbonyl (C=O) groups excluding carboxylic acids is 2. The van der Waals surface area contributed by atoms with Crippen LogP contribution >= 0.6 is 24.8 Å². The average Bonchev–Trinajstić information content (AvgIpc) is 2.61. The number of benzene rings is 1. The van der Waals surface area contributed by atoms with E-state index in [1.165, 1.54) is 0 Å². The molecule has 27 heavy (non-hydrogen) atoms. The number of anilines is 1. The van der Waals surface area contributed by atoms with Crippen molar-refractivity contribution in [3.8, 4) is 0 Å². The van der Waals surface area contributed by atoms with Crippen LogP contribution in [0.15, 0.2) is 24.3 Å². The molecule has 1 aliphatic rings. The molecule has 0 aliphatic carbocycles. The number of rotatable bonds is 8.